The van der Waals surface area contributed by atoms with Gasteiger partial charge in [-0.15, -0.1) is 11.3 Å². The quantitative estimate of drug-likeness (QED) is 0.677. The molecule has 0 bridgehead atoms. The number of anilines is 1. The van der Waals surface area contributed by atoms with E-state index in [1.807, 2.05) is 24.3 Å². The molecule has 1 N–H and O–H groups in total. The second-order valence-electron chi connectivity index (χ2n) is 5.82. The normalized spacial score (nSPS) is 16.4. The summed E-state index contributed by atoms with van der Waals surface area (Å²) in [6.45, 7) is 0.270. The van der Waals surface area contributed by atoms with Gasteiger partial charge in [0.15, 0.2) is 6.10 Å². The van der Waals surface area contributed by atoms with Crippen LogP contribution in [0.3, 0.4) is 0 Å². The van der Waals surface area contributed by atoms with E-state index in [0.29, 0.717) is 11.4 Å². The van der Waals surface area contributed by atoms with Gasteiger partial charge in [0, 0.05) is 4.47 Å². The molecule has 6 nitrogen and oxygen atoms in total. The molecule has 1 atom stereocenters. The molecule has 1 unspecified atom stereocenters. The van der Waals surface area contributed by atoms with Crippen molar-refractivity contribution in [1.82, 2.24) is 4.98 Å². The van der Waals surface area contributed by atoms with Crippen LogP contribution in [0.25, 0.3) is 10.2 Å². The Morgan fingerprint density at radius 2 is 2.12 bits per heavy atom. The summed E-state index contributed by atoms with van der Waals surface area (Å²) in [4.78, 5) is 30.0. The molecule has 4 rings (SSSR count). The Labute approximate surface area is 161 Å². The monoisotopic (exact) mass is 432 g/mol. The predicted octanol–water partition coefficient (Wildman–Crippen LogP) is 3.83. The Morgan fingerprint density at radius 1 is 1.31 bits per heavy atom. The van der Waals surface area contributed by atoms with Gasteiger partial charge < -0.3 is 9.84 Å². The summed E-state index contributed by atoms with van der Waals surface area (Å²) in [5.74, 6) is -0.943. The molecule has 8 heteroatoms. The molecule has 0 saturated heterocycles. The maximum Gasteiger partial charge on any atom is 0.307 e. The SMILES string of the molecule is O=C(O)CC1Oc2ccccc2N(Cc2nc3cc(Br)ccc3s2)C1=O. The van der Waals surface area contributed by atoms with Crippen LogP contribution < -0.4 is 9.64 Å². The average molecular weight is 433 g/mol. The molecule has 0 aliphatic carbocycles. The highest BCUT2D eigenvalue weighted by Gasteiger charge is 2.36. The number of halogens is 1. The summed E-state index contributed by atoms with van der Waals surface area (Å²) >= 11 is 4.94. The first-order valence-electron chi connectivity index (χ1n) is 7.85. The van der Waals surface area contributed by atoms with Gasteiger partial charge in [0.2, 0.25) is 0 Å². The van der Waals surface area contributed by atoms with Crippen LogP contribution in [-0.2, 0) is 16.1 Å². The number of carboxylic acid groups (broad SMARTS) is 1. The highest BCUT2D eigenvalue weighted by molar-refractivity contribution is 9.10. The summed E-state index contributed by atoms with van der Waals surface area (Å²) in [7, 11) is 0. The fourth-order valence-corrected chi connectivity index (χ4v) is 4.16. The molecule has 1 aliphatic heterocycles. The van der Waals surface area contributed by atoms with Crippen molar-refractivity contribution >= 4 is 55.0 Å². The third-order valence-electron chi connectivity index (χ3n) is 4.01. The van der Waals surface area contributed by atoms with Crippen LogP contribution in [0.15, 0.2) is 46.9 Å². The number of rotatable bonds is 4. The van der Waals surface area contributed by atoms with Gasteiger partial charge in [0.25, 0.3) is 5.91 Å². The predicted molar refractivity (Wildman–Crippen MR) is 102 cm³/mol. The van der Waals surface area contributed by atoms with Crippen molar-refractivity contribution in [2.45, 2.75) is 19.1 Å². The number of carbonyl (C=O) groups is 2. The van der Waals surface area contributed by atoms with E-state index in [4.69, 9.17) is 9.84 Å². The summed E-state index contributed by atoms with van der Waals surface area (Å²) in [6.07, 6.45) is -1.41. The maximum atomic E-state index is 12.8. The molecule has 1 amide bonds. The Bertz CT molecular complexity index is 1020. The van der Waals surface area contributed by atoms with Crippen molar-refractivity contribution < 1.29 is 19.4 Å². The van der Waals surface area contributed by atoms with E-state index in [0.717, 1.165) is 19.7 Å². The van der Waals surface area contributed by atoms with E-state index in [2.05, 4.69) is 20.9 Å². The maximum absolute atomic E-state index is 12.8. The Kier molecular flexibility index (Phi) is 4.37. The minimum absolute atomic E-state index is 0.270. The van der Waals surface area contributed by atoms with Gasteiger partial charge in [-0.2, -0.15) is 0 Å². The van der Waals surface area contributed by atoms with E-state index >= 15 is 0 Å². The smallest absolute Gasteiger partial charge is 0.307 e. The lowest BCUT2D eigenvalue weighted by Crippen LogP contribution is -2.46. The van der Waals surface area contributed by atoms with Crippen LogP contribution in [0.1, 0.15) is 11.4 Å². The molecular formula is C18H13BrN2O4S. The van der Waals surface area contributed by atoms with Crippen LogP contribution in [0, 0.1) is 0 Å². The number of fused-ring (bicyclic) bond motifs is 2. The third kappa shape index (κ3) is 3.17. The molecular weight excluding hydrogens is 420 g/mol. The molecule has 2 heterocycles. The number of benzene rings is 2. The van der Waals surface area contributed by atoms with Crippen LogP contribution >= 0.6 is 27.3 Å². The number of hydrogen-bond acceptors (Lipinski definition) is 5. The molecule has 132 valence electrons. The summed E-state index contributed by atoms with van der Waals surface area (Å²) in [5, 5.41) is 9.84. The number of aromatic nitrogens is 1. The Hall–Kier alpha value is -2.45. The van der Waals surface area contributed by atoms with E-state index in [-0.39, 0.29) is 18.9 Å². The van der Waals surface area contributed by atoms with E-state index in [1.165, 1.54) is 11.3 Å². The number of para-hydroxylation sites is 2. The highest BCUT2D eigenvalue weighted by atomic mass is 79.9. The number of carbonyl (C=O) groups excluding carboxylic acids is 1. The van der Waals surface area contributed by atoms with Crippen molar-refractivity contribution in [3.63, 3.8) is 0 Å². The number of carboxylic acids is 1. The molecule has 0 fully saturated rings. The zero-order chi connectivity index (χ0) is 18.3. The van der Waals surface area contributed by atoms with Gasteiger partial charge in [-0.1, -0.05) is 28.1 Å². The number of amides is 1. The van der Waals surface area contributed by atoms with Crippen molar-refractivity contribution in [3.8, 4) is 5.75 Å². The Balaban J connectivity index is 1.70. The molecule has 0 radical (unpaired) electrons. The van der Waals surface area contributed by atoms with Gasteiger partial charge in [0.05, 0.1) is 28.9 Å². The number of aliphatic carboxylic acids is 1. The number of nitrogens with zero attached hydrogens (tertiary/aromatic N) is 2. The number of ether oxygens (including phenoxy) is 1. The van der Waals surface area contributed by atoms with Crippen molar-refractivity contribution in [1.29, 1.82) is 0 Å². The second kappa shape index (κ2) is 6.69. The fraction of sp³-hybridized carbons (Fsp3) is 0.167. The van der Waals surface area contributed by atoms with Crippen molar-refractivity contribution in [2.75, 3.05) is 4.90 Å². The molecule has 26 heavy (non-hydrogen) atoms. The Morgan fingerprint density at radius 3 is 2.92 bits per heavy atom. The minimum Gasteiger partial charge on any atom is -0.481 e. The lowest BCUT2D eigenvalue weighted by Gasteiger charge is -2.33. The second-order valence-corrected chi connectivity index (χ2v) is 7.85. The topological polar surface area (TPSA) is 79.7 Å². The summed E-state index contributed by atoms with van der Waals surface area (Å²) < 4.78 is 7.57. The van der Waals surface area contributed by atoms with E-state index in [9.17, 15) is 9.59 Å². The first-order valence-corrected chi connectivity index (χ1v) is 9.46. The third-order valence-corrected chi connectivity index (χ3v) is 5.53. The molecule has 0 spiro atoms. The van der Waals surface area contributed by atoms with Gasteiger partial charge in [-0.05, 0) is 30.3 Å². The molecule has 1 aliphatic rings. The van der Waals surface area contributed by atoms with E-state index < -0.39 is 12.1 Å². The van der Waals surface area contributed by atoms with Gasteiger partial charge in [0.1, 0.15) is 10.8 Å². The fourth-order valence-electron chi connectivity index (χ4n) is 2.88. The van der Waals surface area contributed by atoms with E-state index in [1.54, 1.807) is 23.1 Å². The molecule has 3 aromatic rings. The number of hydrogen-bond donors (Lipinski definition) is 1. The lowest BCUT2D eigenvalue weighted by atomic mass is 10.1. The minimum atomic E-state index is -1.08. The first-order chi connectivity index (χ1) is 12.5. The zero-order valence-corrected chi connectivity index (χ0v) is 15.8. The first kappa shape index (κ1) is 17.0. The van der Waals surface area contributed by atoms with Crippen molar-refractivity contribution in [2.24, 2.45) is 0 Å². The van der Waals surface area contributed by atoms with Gasteiger partial charge in [-0.25, -0.2) is 4.98 Å². The molecule has 0 saturated carbocycles. The van der Waals surface area contributed by atoms with Crippen LogP contribution in [-0.4, -0.2) is 28.1 Å². The molecule has 1 aromatic heterocycles. The summed E-state index contributed by atoms with van der Waals surface area (Å²) in [5.41, 5.74) is 1.48. The van der Waals surface area contributed by atoms with Crippen LogP contribution in [0.4, 0.5) is 5.69 Å². The largest absolute Gasteiger partial charge is 0.481 e. The van der Waals surface area contributed by atoms with Gasteiger partial charge >= 0.3 is 5.97 Å². The van der Waals surface area contributed by atoms with Gasteiger partial charge in [-0.3, -0.25) is 14.5 Å². The van der Waals surface area contributed by atoms with Crippen molar-refractivity contribution in [3.05, 3.63) is 51.9 Å². The standard InChI is InChI=1S/C18H13BrN2O4S/c19-10-5-6-15-11(7-10)20-16(26-15)9-21-12-3-1-2-4-13(12)25-14(18(21)24)8-17(22)23/h1-7,14H,8-9H2,(H,22,23). The molecule has 2 aromatic carbocycles. The highest BCUT2D eigenvalue weighted by Crippen LogP contribution is 2.36. The summed E-state index contributed by atoms with van der Waals surface area (Å²) in [6, 6.07) is 13.0. The van der Waals surface area contributed by atoms with Crippen LogP contribution in [0.5, 0.6) is 5.75 Å². The lowest BCUT2D eigenvalue weighted by molar-refractivity contribution is -0.142. The van der Waals surface area contributed by atoms with Crippen LogP contribution in [0.2, 0.25) is 0 Å². The zero-order valence-electron chi connectivity index (χ0n) is 13.4. The number of thiazole rings is 1. The average Bonchev–Trinajstić information content (AvgIpc) is 2.99.